The van der Waals surface area contributed by atoms with Gasteiger partial charge in [-0.3, -0.25) is 13.9 Å². The molecule has 0 saturated carbocycles. The van der Waals surface area contributed by atoms with Crippen LogP contribution in [0.3, 0.4) is 0 Å². The molecule has 1 N–H and O–H groups in total. The minimum Gasteiger partial charge on any atom is -0.350 e. The number of nitrogens with zero attached hydrogens (tertiary/aromatic N) is 2. The Morgan fingerprint density at radius 3 is 1.93 bits per heavy atom. The first-order valence-corrected chi connectivity index (χ1v) is 15.4. The summed E-state index contributed by atoms with van der Waals surface area (Å²) in [6, 6.07) is 25.8. The highest BCUT2D eigenvalue weighted by Gasteiger charge is 2.32. The minimum absolute atomic E-state index is 0.0960. The molecule has 0 bridgehead atoms. The molecule has 0 aromatic heterocycles. The number of carbonyl (C=O) groups excluding carboxylic acids is 2. The van der Waals surface area contributed by atoms with Crippen LogP contribution in [-0.2, 0) is 32.6 Å². The summed E-state index contributed by atoms with van der Waals surface area (Å²) in [7, 11) is -3.54. The summed E-state index contributed by atoms with van der Waals surface area (Å²) >= 11 is 0. The lowest BCUT2D eigenvalue weighted by atomic mass is 10.00. The molecule has 0 spiro atoms. The van der Waals surface area contributed by atoms with Gasteiger partial charge in [-0.25, -0.2) is 8.42 Å². The van der Waals surface area contributed by atoms with Crippen LogP contribution in [0.5, 0.6) is 0 Å². The summed E-state index contributed by atoms with van der Waals surface area (Å²) in [5.41, 5.74) is 2.98. The van der Waals surface area contributed by atoms with Gasteiger partial charge >= 0.3 is 0 Å². The Hall–Kier alpha value is -3.65. The lowest BCUT2D eigenvalue weighted by molar-refractivity contribution is -0.142. The van der Waals surface area contributed by atoms with Gasteiger partial charge in [0.25, 0.3) is 0 Å². The van der Waals surface area contributed by atoms with Crippen LogP contribution in [0.25, 0.3) is 0 Å². The minimum atomic E-state index is -3.54. The van der Waals surface area contributed by atoms with Gasteiger partial charge in [-0.15, -0.1) is 0 Å². The number of sulfonamides is 1. The van der Waals surface area contributed by atoms with Crippen molar-refractivity contribution in [1.82, 2.24) is 10.2 Å². The van der Waals surface area contributed by atoms with Gasteiger partial charge in [-0.05, 0) is 57.4 Å². The van der Waals surface area contributed by atoms with Crippen molar-refractivity contribution < 1.29 is 18.0 Å². The number of nitrogens with one attached hydrogen (secondary N) is 1. The van der Waals surface area contributed by atoms with E-state index in [0.717, 1.165) is 16.7 Å². The molecule has 0 saturated heterocycles. The van der Waals surface area contributed by atoms with Crippen molar-refractivity contribution in [2.75, 3.05) is 17.1 Å². The third kappa shape index (κ3) is 9.52. The van der Waals surface area contributed by atoms with Crippen molar-refractivity contribution >= 4 is 27.5 Å². The molecule has 0 heterocycles. The standard InChI is InChI=1S/C32H41N3O4S/c1-25-18-20-28(21-19-25)35(40(5,38)39)22-12-17-30(36)34(24-27-15-10-7-11-16-27)29(31(37)33-32(2,3)4)23-26-13-8-6-9-14-26/h6-11,13-16,18-21,29H,12,17,22-24H2,1-5H3,(H,33,37)/t29-/m0/s1. The predicted molar refractivity (Wildman–Crippen MR) is 161 cm³/mol. The number of hydrogen-bond acceptors (Lipinski definition) is 4. The number of rotatable bonds is 12. The second kappa shape index (κ2) is 13.6. The van der Waals surface area contributed by atoms with E-state index in [4.69, 9.17) is 0 Å². The Bertz CT molecular complexity index is 1350. The average Bonchev–Trinajstić information content (AvgIpc) is 2.89. The smallest absolute Gasteiger partial charge is 0.243 e. The molecular weight excluding hydrogens is 522 g/mol. The van der Waals surface area contributed by atoms with Crippen molar-refractivity contribution in [2.45, 2.75) is 65.1 Å². The predicted octanol–water partition coefficient (Wildman–Crippen LogP) is 5.10. The van der Waals surface area contributed by atoms with Gasteiger partial charge in [-0.1, -0.05) is 78.4 Å². The van der Waals surface area contributed by atoms with Crippen LogP contribution >= 0.6 is 0 Å². The summed E-state index contributed by atoms with van der Waals surface area (Å²) in [5, 5.41) is 3.06. The van der Waals surface area contributed by atoms with E-state index < -0.39 is 21.6 Å². The molecule has 0 unspecified atom stereocenters. The van der Waals surface area contributed by atoms with Crippen molar-refractivity contribution in [3.05, 3.63) is 102 Å². The Labute approximate surface area is 239 Å². The molecule has 214 valence electrons. The number of anilines is 1. The molecule has 0 aliphatic heterocycles. The van der Waals surface area contributed by atoms with Gasteiger partial charge in [0.15, 0.2) is 0 Å². The molecule has 3 aromatic rings. The van der Waals surface area contributed by atoms with Gasteiger partial charge in [-0.2, -0.15) is 0 Å². The fraction of sp³-hybridized carbons (Fsp3) is 0.375. The van der Waals surface area contributed by atoms with E-state index >= 15 is 0 Å². The fourth-order valence-corrected chi connectivity index (χ4v) is 5.47. The number of benzene rings is 3. The van der Waals surface area contributed by atoms with Crippen molar-refractivity contribution in [2.24, 2.45) is 0 Å². The zero-order valence-corrected chi connectivity index (χ0v) is 24.9. The third-order valence-electron chi connectivity index (χ3n) is 6.44. The van der Waals surface area contributed by atoms with Crippen LogP contribution in [0.2, 0.25) is 0 Å². The molecular formula is C32H41N3O4S. The van der Waals surface area contributed by atoms with Gasteiger partial charge in [0.1, 0.15) is 6.04 Å². The summed E-state index contributed by atoms with van der Waals surface area (Å²) in [4.78, 5) is 29.1. The lowest BCUT2D eigenvalue weighted by Crippen LogP contribution is -2.54. The molecule has 0 aliphatic rings. The molecule has 0 radical (unpaired) electrons. The Balaban J connectivity index is 1.87. The van der Waals surface area contributed by atoms with Crippen LogP contribution in [0.15, 0.2) is 84.9 Å². The maximum atomic E-state index is 13.8. The average molecular weight is 564 g/mol. The monoisotopic (exact) mass is 563 g/mol. The molecule has 7 nitrogen and oxygen atoms in total. The van der Waals surface area contributed by atoms with E-state index in [2.05, 4.69) is 5.32 Å². The normalized spacial score (nSPS) is 12.4. The maximum Gasteiger partial charge on any atom is 0.243 e. The van der Waals surface area contributed by atoms with Crippen molar-refractivity contribution in [3.8, 4) is 0 Å². The fourth-order valence-electron chi connectivity index (χ4n) is 4.50. The summed E-state index contributed by atoms with van der Waals surface area (Å²) in [6.07, 6.45) is 1.94. The number of hydrogen-bond donors (Lipinski definition) is 1. The van der Waals surface area contributed by atoms with E-state index in [1.165, 1.54) is 10.6 Å². The molecule has 0 fully saturated rings. The SMILES string of the molecule is Cc1ccc(N(CCCC(=O)N(Cc2ccccc2)[C@@H](Cc2ccccc2)C(=O)NC(C)(C)C)S(C)(=O)=O)cc1. The largest absolute Gasteiger partial charge is 0.350 e. The molecule has 3 rings (SSSR count). The summed E-state index contributed by atoms with van der Waals surface area (Å²) in [5.74, 6) is -0.427. The first-order chi connectivity index (χ1) is 18.8. The molecule has 3 aromatic carbocycles. The number of aryl methyl sites for hydroxylation is 1. The van der Waals surface area contributed by atoms with E-state index in [0.29, 0.717) is 18.5 Å². The van der Waals surface area contributed by atoms with Crippen molar-refractivity contribution in [1.29, 1.82) is 0 Å². The molecule has 8 heteroatoms. The number of amides is 2. The van der Waals surface area contributed by atoms with Gasteiger partial charge in [0.05, 0.1) is 11.9 Å². The summed E-state index contributed by atoms with van der Waals surface area (Å²) < 4.78 is 26.5. The quantitative estimate of drug-likeness (QED) is 0.332. The topological polar surface area (TPSA) is 86.8 Å². The van der Waals surface area contributed by atoms with E-state index in [9.17, 15) is 18.0 Å². The van der Waals surface area contributed by atoms with Gasteiger partial charge in [0.2, 0.25) is 21.8 Å². The molecule has 0 aliphatic carbocycles. The first kappa shape index (κ1) is 30.9. The Morgan fingerprint density at radius 2 is 1.40 bits per heavy atom. The zero-order valence-electron chi connectivity index (χ0n) is 24.1. The maximum absolute atomic E-state index is 13.8. The lowest BCUT2D eigenvalue weighted by Gasteiger charge is -2.34. The van der Waals surface area contributed by atoms with Crippen LogP contribution in [-0.4, -0.2) is 49.5 Å². The highest BCUT2D eigenvalue weighted by atomic mass is 32.2. The van der Waals surface area contributed by atoms with E-state index in [1.807, 2.05) is 100 Å². The Morgan fingerprint density at radius 1 is 0.850 bits per heavy atom. The zero-order chi connectivity index (χ0) is 29.3. The van der Waals surface area contributed by atoms with Crippen LogP contribution in [0.4, 0.5) is 5.69 Å². The highest BCUT2D eigenvalue weighted by molar-refractivity contribution is 7.92. The van der Waals surface area contributed by atoms with Gasteiger partial charge < -0.3 is 10.2 Å². The van der Waals surface area contributed by atoms with Crippen LogP contribution in [0.1, 0.15) is 50.3 Å². The van der Waals surface area contributed by atoms with Crippen molar-refractivity contribution in [3.63, 3.8) is 0 Å². The number of carbonyl (C=O) groups is 2. The van der Waals surface area contributed by atoms with Crippen LogP contribution < -0.4 is 9.62 Å². The summed E-state index contributed by atoms with van der Waals surface area (Å²) in [6.45, 7) is 8.11. The first-order valence-electron chi connectivity index (χ1n) is 13.6. The molecule has 40 heavy (non-hydrogen) atoms. The molecule has 1 atom stereocenters. The van der Waals surface area contributed by atoms with Crippen LogP contribution in [0, 0.1) is 6.92 Å². The van der Waals surface area contributed by atoms with Gasteiger partial charge in [0, 0.05) is 31.5 Å². The molecule has 2 amide bonds. The van der Waals surface area contributed by atoms with E-state index in [-0.39, 0.29) is 31.3 Å². The Kier molecular flexibility index (Phi) is 10.5. The van der Waals surface area contributed by atoms with E-state index in [1.54, 1.807) is 17.0 Å². The second-order valence-electron chi connectivity index (χ2n) is 11.2. The second-order valence-corrected chi connectivity index (χ2v) is 13.1. The third-order valence-corrected chi connectivity index (χ3v) is 7.63. The highest BCUT2D eigenvalue weighted by Crippen LogP contribution is 2.21.